The minimum atomic E-state index is -1.02. The van der Waals surface area contributed by atoms with Crippen LogP contribution in [0.15, 0.2) is 24.3 Å². The van der Waals surface area contributed by atoms with Gasteiger partial charge in [0.15, 0.2) is 0 Å². The van der Waals surface area contributed by atoms with Gasteiger partial charge in [-0.05, 0) is 30.5 Å². The maximum atomic E-state index is 11.4. The number of carbonyl (C=O) groups is 2. The number of rotatable bonds is 4. The normalized spacial score (nSPS) is 18.9. The van der Waals surface area contributed by atoms with Crippen molar-refractivity contribution in [2.75, 3.05) is 18.0 Å². The van der Waals surface area contributed by atoms with Crippen molar-refractivity contribution in [3.63, 3.8) is 0 Å². The topological polar surface area (TPSA) is 83.6 Å². The monoisotopic (exact) mass is 308 g/mol. The standard InChI is InChI=1S/C15H17ClN2O3/c16-12-5-1-3-10(6-7-13(19)20)14(12)18-8-2-4-11(9-18)15(17)21/h1,3,5-7,11H,2,4,8-9H2,(H2,17,21)(H,19,20)/b7-6+. The predicted octanol–water partition coefficient (Wildman–Crippen LogP) is 2.14. The highest BCUT2D eigenvalue weighted by Gasteiger charge is 2.26. The average Bonchev–Trinajstić information content (AvgIpc) is 2.45. The first-order valence-electron chi connectivity index (χ1n) is 6.73. The molecule has 0 aliphatic carbocycles. The van der Waals surface area contributed by atoms with E-state index in [0.29, 0.717) is 11.6 Å². The first-order valence-corrected chi connectivity index (χ1v) is 7.10. The van der Waals surface area contributed by atoms with E-state index in [9.17, 15) is 9.59 Å². The smallest absolute Gasteiger partial charge is 0.328 e. The van der Waals surface area contributed by atoms with Gasteiger partial charge in [-0.25, -0.2) is 4.79 Å². The summed E-state index contributed by atoms with van der Waals surface area (Å²) in [6.45, 7) is 1.27. The Morgan fingerprint density at radius 2 is 2.19 bits per heavy atom. The minimum absolute atomic E-state index is 0.202. The highest BCUT2D eigenvalue weighted by Crippen LogP contribution is 2.33. The number of piperidine rings is 1. The number of hydrogen-bond donors (Lipinski definition) is 2. The van der Waals surface area contributed by atoms with E-state index in [0.717, 1.165) is 36.7 Å². The van der Waals surface area contributed by atoms with Gasteiger partial charge in [-0.3, -0.25) is 4.79 Å². The Balaban J connectivity index is 2.33. The summed E-state index contributed by atoms with van der Waals surface area (Å²) in [6.07, 6.45) is 4.21. The zero-order valence-electron chi connectivity index (χ0n) is 11.5. The van der Waals surface area contributed by atoms with Crippen molar-refractivity contribution < 1.29 is 14.7 Å². The molecule has 112 valence electrons. The Morgan fingerprint density at radius 3 is 2.86 bits per heavy atom. The Hall–Kier alpha value is -2.01. The van der Waals surface area contributed by atoms with Gasteiger partial charge in [0.05, 0.1) is 16.6 Å². The molecule has 1 unspecified atom stereocenters. The molecule has 0 saturated carbocycles. The molecule has 21 heavy (non-hydrogen) atoms. The fraction of sp³-hybridized carbons (Fsp3) is 0.333. The number of nitrogens with zero attached hydrogens (tertiary/aromatic N) is 1. The van der Waals surface area contributed by atoms with Crippen LogP contribution in [0.4, 0.5) is 5.69 Å². The van der Waals surface area contributed by atoms with E-state index in [1.807, 2.05) is 4.90 Å². The van der Waals surface area contributed by atoms with Gasteiger partial charge in [0.25, 0.3) is 0 Å². The minimum Gasteiger partial charge on any atom is -0.478 e. The summed E-state index contributed by atoms with van der Waals surface area (Å²) in [6, 6.07) is 5.32. The van der Waals surface area contributed by atoms with Gasteiger partial charge in [0, 0.05) is 19.2 Å². The SMILES string of the molecule is NC(=O)C1CCCN(c2c(Cl)cccc2/C=C/C(=O)O)C1. The summed E-state index contributed by atoms with van der Waals surface area (Å²) in [4.78, 5) is 24.1. The molecule has 0 spiro atoms. The molecule has 1 amide bonds. The largest absolute Gasteiger partial charge is 0.478 e. The molecule has 3 N–H and O–H groups in total. The fourth-order valence-electron chi connectivity index (χ4n) is 2.57. The summed E-state index contributed by atoms with van der Waals surface area (Å²) in [5.74, 6) is -1.53. The number of hydrogen-bond acceptors (Lipinski definition) is 3. The molecule has 1 aromatic carbocycles. The molecule has 1 aliphatic heterocycles. The predicted molar refractivity (Wildman–Crippen MR) is 82.3 cm³/mol. The number of amides is 1. The molecule has 1 heterocycles. The first-order chi connectivity index (χ1) is 9.99. The number of carboxylic acids is 1. The molecule has 6 heteroatoms. The van der Waals surface area contributed by atoms with Gasteiger partial charge in [0.1, 0.15) is 0 Å². The molecule has 1 fully saturated rings. The van der Waals surface area contributed by atoms with Gasteiger partial charge in [0.2, 0.25) is 5.91 Å². The second-order valence-electron chi connectivity index (χ2n) is 5.04. The van der Waals surface area contributed by atoms with E-state index in [-0.39, 0.29) is 11.8 Å². The highest BCUT2D eigenvalue weighted by atomic mass is 35.5. The molecule has 0 radical (unpaired) electrons. The van der Waals surface area contributed by atoms with Crippen LogP contribution >= 0.6 is 11.6 Å². The third kappa shape index (κ3) is 3.76. The molecule has 1 atom stereocenters. The maximum absolute atomic E-state index is 11.4. The average molecular weight is 309 g/mol. The van der Waals surface area contributed by atoms with E-state index in [1.54, 1.807) is 18.2 Å². The molecule has 1 saturated heterocycles. The van der Waals surface area contributed by atoms with Crippen LogP contribution in [0.1, 0.15) is 18.4 Å². The molecular weight excluding hydrogens is 292 g/mol. The number of carbonyl (C=O) groups excluding carboxylic acids is 1. The third-order valence-electron chi connectivity index (χ3n) is 3.56. The number of anilines is 1. The number of benzene rings is 1. The lowest BCUT2D eigenvalue weighted by molar-refractivity contribution is -0.131. The number of primary amides is 1. The second-order valence-corrected chi connectivity index (χ2v) is 5.44. The molecule has 0 aromatic heterocycles. The molecule has 1 aromatic rings. The maximum Gasteiger partial charge on any atom is 0.328 e. The number of nitrogens with two attached hydrogens (primary N) is 1. The highest BCUT2D eigenvalue weighted by molar-refractivity contribution is 6.33. The van der Waals surface area contributed by atoms with E-state index in [2.05, 4.69) is 0 Å². The van der Waals surface area contributed by atoms with E-state index >= 15 is 0 Å². The number of para-hydroxylation sites is 1. The molecule has 1 aliphatic rings. The Bertz CT molecular complexity index is 586. The van der Waals surface area contributed by atoms with Crippen molar-refractivity contribution in [2.24, 2.45) is 11.7 Å². The van der Waals surface area contributed by atoms with Crippen LogP contribution in [0.2, 0.25) is 5.02 Å². The van der Waals surface area contributed by atoms with Crippen LogP contribution < -0.4 is 10.6 Å². The molecular formula is C15H17ClN2O3. The van der Waals surface area contributed by atoms with Crippen LogP contribution in [0, 0.1) is 5.92 Å². The Labute approximate surface area is 128 Å². The molecule has 0 bridgehead atoms. The van der Waals surface area contributed by atoms with Gasteiger partial charge in [-0.15, -0.1) is 0 Å². The zero-order chi connectivity index (χ0) is 15.4. The van der Waals surface area contributed by atoms with E-state index in [1.165, 1.54) is 6.08 Å². The summed E-state index contributed by atoms with van der Waals surface area (Å²) in [5.41, 5.74) is 6.86. The van der Waals surface area contributed by atoms with Gasteiger partial charge in [-0.1, -0.05) is 23.7 Å². The van der Waals surface area contributed by atoms with Gasteiger partial charge in [-0.2, -0.15) is 0 Å². The van der Waals surface area contributed by atoms with Crippen LogP contribution in [0.3, 0.4) is 0 Å². The third-order valence-corrected chi connectivity index (χ3v) is 3.87. The van der Waals surface area contributed by atoms with E-state index in [4.69, 9.17) is 22.4 Å². The van der Waals surface area contributed by atoms with Crippen molar-refractivity contribution in [1.29, 1.82) is 0 Å². The quantitative estimate of drug-likeness (QED) is 0.835. The lowest BCUT2D eigenvalue weighted by Crippen LogP contribution is -2.41. The zero-order valence-corrected chi connectivity index (χ0v) is 12.2. The van der Waals surface area contributed by atoms with Crippen molar-refractivity contribution in [2.45, 2.75) is 12.8 Å². The van der Waals surface area contributed by atoms with E-state index < -0.39 is 5.97 Å². The van der Waals surface area contributed by atoms with Crippen LogP contribution in [0.5, 0.6) is 0 Å². The summed E-state index contributed by atoms with van der Waals surface area (Å²) < 4.78 is 0. The Kier molecular flexibility index (Phi) is 4.85. The number of carboxylic acid groups (broad SMARTS) is 1. The van der Waals surface area contributed by atoms with Crippen molar-refractivity contribution in [1.82, 2.24) is 0 Å². The summed E-state index contributed by atoms with van der Waals surface area (Å²) in [5, 5.41) is 9.30. The number of halogens is 1. The van der Waals surface area contributed by atoms with Crippen LogP contribution in [-0.4, -0.2) is 30.1 Å². The van der Waals surface area contributed by atoms with Crippen LogP contribution in [-0.2, 0) is 9.59 Å². The summed E-state index contributed by atoms with van der Waals surface area (Å²) in [7, 11) is 0. The van der Waals surface area contributed by atoms with Crippen molar-refractivity contribution >= 4 is 35.2 Å². The summed E-state index contributed by atoms with van der Waals surface area (Å²) >= 11 is 6.27. The lowest BCUT2D eigenvalue weighted by Gasteiger charge is -2.34. The second kappa shape index (κ2) is 6.63. The number of aliphatic carboxylic acids is 1. The fourth-order valence-corrected chi connectivity index (χ4v) is 2.88. The first kappa shape index (κ1) is 15.4. The van der Waals surface area contributed by atoms with Crippen molar-refractivity contribution in [3.05, 3.63) is 34.9 Å². The van der Waals surface area contributed by atoms with Gasteiger partial charge < -0.3 is 15.7 Å². The Morgan fingerprint density at radius 1 is 1.43 bits per heavy atom. The molecule has 5 nitrogen and oxygen atoms in total. The lowest BCUT2D eigenvalue weighted by atomic mass is 9.96. The van der Waals surface area contributed by atoms with Crippen molar-refractivity contribution in [3.8, 4) is 0 Å². The van der Waals surface area contributed by atoms with Gasteiger partial charge >= 0.3 is 5.97 Å². The van der Waals surface area contributed by atoms with Crippen LogP contribution in [0.25, 0.3) is 6.08 Å². The molecule has 2 rings (SSSR count).